The van der Waals surface area contributed by atoms with Gasteiger partial charge in [0, 0.05) is 32.1 Å². The second-order valence-electron chi connectivity index (χ2n) is 6.48. The molecule has 2 fully saturated rings. The van der Waals surface area contributed by atoms with Gasteiger partial charge < -0.3 is 15.5 Å². The normalized spacial score (nSPS) is 21.6. The molecule has 2 N–H and O–H groups in total. The van der Waals surface area contributed by atoms with Crippen molar-refractivity contribution < 1.29 is 9.59 Å². The van der Waals surface area contributed by atoms with Crippen LogP contribution < -0.4 is 5.73 Å². The van der Waals surface area contributed by atoms with Gasteiger partial charge in [-0.3, -0.25) is 9.59 Å². The molecule has 1 atom stereocenters. The summed E-state index contributed by atoms with van der Waals surface area (Å²) in [5.74, 6) is 0.796. The Bertz CT molecular complexity index is 368. The van der Waals surface area contributed by atoms with Crippen molar-refractivity contribution in [3.05, 3.63) is 0 Å². The molecule has 0 aromatic heterocycles. The number of carbonyl (C=O) groups is 2. The second kappa shape index (κ2) is 7.99. The number of nitrogens with two attached hydrogens (primary N) is 1. The second-order valence-corrected chi connectivity index (χ2v) is 6.48. The number of likely N-dealkylation sites (tertiary alicyclic amines) is 2. The zero-order chi connectivity index (χ0) is 14.7. The van der Waals surface area contributed by atoms with Crippen molar-refractivity contribution in [2.24, 2.45) is 11.7 Å². The largest absolute Gasteiger partial charge is 0.341 e. The average molecular weight is 318 g/mol. The lowest BCUT2D eigenvalue weighted by Crippen LogP contribution is -2.51. The third kappa shape index (κ3) is 4.58. The Morgan fingerprint density at radius 2 is 1.90 bits per heavy atom. The fourth-order valence-electron chi connectivity index (χ4n) is 3.30. The van der Waals surface area contributed by atoms with Crippen molar-refractivity contribution in [3.8, 4) is 0 Å². The quantitative estimate of drug-likeness (QED) is 0.852. The summed E-state index contributed by atoms with van der Waals surface area (Å²) < 4.78 is 0. The van der Waals surface area contributed by atoms with E-state index in [1.54, 1.807) is 0 Å². The Labute approximate surface area is 133 Å². The van der Waals surface area contributed by atoms with E-state index in [1.165, 1.54) is 0 Å². The van der Waals surface area contributed by atoms with Gasteiger partial charge in [-0.05, 0) is 31.6 Å². The smallest absolute Gasteiger partial charge is 0.239 e. The van der Waals surface area contributed by atoms with Crippen LogP contribution in [-0.4, -0.2) is 53.3 Å². The molecule has 21 heavy (non-hydrogen) atoms. The topological polar surface area (TPSA) is 66.6 Å². The van der Waals surface area contributed by atoms with Crippen molar-refractivity contribution >= 4 is 24.2 Å². The van der Waals surface area contributed by atoms with Crippen LogP contribution in [0, 0.1) is 5.92 Å². The Morgan fingerprint density at radius 1 is 1.29 bits per heavy atom. The maximum absolute atomic E-state index is 12.2. The standard InChI is InChI=1S/C15H27N3O2.ClH/c1-11(2)10-13(16)15(20)17-8-5-12(6-9-17)18-7-3-4-14(18)19;/h11-13H,3-10,16H2,1-2H3;1H/t13-;/m0./s1. The van der Waals surface area contributed by atoms with Crippen LogP contribution >= 0.6 is 12.4 Å². The molecule has 6 heteroatoms. The molecule has 0 aromatic carbocycles. The van der Waals surface area contributed by atoms with Crippen LogP contribution in [0.1, 0.15) is 46.0 Å². The zero-order valence-corrected chi connectivity index (χ0v) is 13.9. The predicted molar refractivity (Wildman–Crippen MR) is 85.2 cm³/mol. The zero-order valence-electron chi connectivity index (χ0n) is 13.1. The number of amides is 2. The molecule has 0 saturated carbocycles. The fraction of sp³-hybridized carbons (Fsp3) is 0.867. The van der Waals surface area contributed by atoms with Gasteiger partial charge in [0.05, 0.1) is 6.04 Å². The molecule has 0 unspecified atom stereocenters. The monoisotopic (exact) mass is 317 g/mol. The van der Waals surface area contributed by atoms with Crippen LogP contribution in [0.4, 0.5) is 0 Å². The van der Waals surface area contributed by atoms with Crippen LogP contribution in [-0.2, 0) is 9.59 Å². The summed E-state index contributed by atoms with van der Waals surface area (Å²) in [4.78, 5) is 27.9. The summed E-state index contributed by atoms with van der Waals surface area (Å²) in [5.41, 5.74) is 5.97. The van der Waals surface area contributed by atoms with Crippen LogP contribution in [0.2, 0.25) is 0 Å². The van der Waals surface area contributed by atoms with E-state index in [1.807, 2.05) is 9.80 Å². The summed E-state index contributed by atoms with van der Waals surface area (Å²) in [6.45, 7) is 6.53. The molecule has 2 saturated heterocycles. The van der Waals surface area contributed by atoms with Crippen molar-refractivity contribution in [2.45, 2.75) is 58.0 Å². The lowest BCUT2D eigenvalue weighted by Gasteiger charge is -2.37. The van der Waals surface area contributed by atoms with Crippen LogP contribution in [0.3, 0.4) is 0 Å². The van der Waals surface area contributed by atoms with Crippen LogP contribution in [0.25, 0.3) is 0 Å². The van der Waals surface area contributed by atoms with Crippen molar-refractivity contribution in [1.29, 1.82) is 0 Å². The molecular formula is C15H28ClN3O2. The van der Waals surface area contributed by atoms with Crippen molar-refractivity contribution in [3.63, 3.8) is 0 Å². The molecule has 0 bridgehead atoms. The van der Waals surface area contributed by atoms with E-state index in [2.05, 4.69) is 13.8 Å². The Balaban J connectivity index is 0.00000220. The van der Waals surface area contributed by atoms with Crippen molar-refractivity contribution in [1.82, 2.24) is 9.80 Å². The molecule has 2 aliphatic rings. The van der Waals surface area contributed by atoms with Gasteiger partial charge >= 0.3 is 0 Å². The van der Waals surface area contributed by atoms with E-state index in [9.17, 15) is 9.59 Å². The molecule has 0 aliphatic carbocycles. The van der Waals surface area contributed by atoms with E-state index < -0.39 is 0 Å². The first-order valence-electron chi connectivity index (χ1n) is 7.83. The highest BCUT2D eigenvalue weighted by Crippen LogP contribution is 2.22. The fourth-order valence-corrected chi connectivity index (χ4v) is 3.30. The summed E-state index contributed by atoms with van der Waals surface area (Å²) in [5, 5.41) is 0. The molecule has 122 valence electrons. The first-order chi connectivity index (χ1) is 9.49. The van der Waals surface area contributed by atoms with Gasteiger partial charge in [0.15, 0.2) is 0 Å². The van der Waals surface area contributed by atoms with E-state index in [-0.39, 0.29) is 30.3 Å². The van der Waals surface area contributed by atoms with Gasteiger partial charge in [-0.2, -0.15) is 0 Å². The van der Waals surface area contributed by atoms with Crippen LogP contribution in [0.5, 0.6) is 0 Å². The van der Waals surface area contributed by atoms with Gasteiger partial charge in [0.1, 0.15) is 0 Å². The predicted octanol–water partition coefficient (Wildman–Crippen LogP) is 1.39. The first-order valence-corrected chi connectivity index (χ1v) is 7.83. The number of nitrogens with zero attached hydrogens (tertiary/aromatic N) is 2. The number of hydrogen-bond donors (Lipinski definition) is 1. The third-order valence-corrected chi connectivity index (χ3v) is 4.37. The van der Waals surface area contributed by atoms with Crippen molar-refractivity contribution in [2.75, 3.05) is 19.6 Å². The molecule has 2 aliphatic heterocycles. The highest BCUT2D eigenvalue weighted by molar-refractivity contribution is 5.85. The number of halogens is 1. The van der Waals surface area contributed by atoms with E-state index >= 15 is 0 Å². The molecule has 0 aromatic rings. The number of carbonyl (C=O) groups excluding carboxylic acids is 2. The SMILES string of the molecule is CC(C)C[C@H](N)C(=O)N1CCC(N2CCCC2=O)CC1.Cl. The minimum absolute atomic E-state index is 0. The van der Waals surface area contributed by atoms with Gasteiger partial charge in [-0.1, -0.05) is 13.8 Å². The highest BCUT2D eigenvalue weighted by Gasteiger charge is 2.32. The van der Waals surface area contributed by atoms with Gasteiger partial charge in [0.25, 0.3) is 0 Å². The van der Waals surface area contributed by atoms with Gasteiger partial charge in [-0.25, -0.2) is 0 Å². The number of piperidine rings is 1. The molecule has 2 rings (SSSR count). The Morgan fingerprint density at radius 3 is 2.38 bits per heavy atom. The van der Waals surface area contributed by atoms with Gasteiger partial charge in [-0.15, -0.1) is 12.4 Å². The van der Waals surface area contributed by atoms with Crippen LogP contribution in [0.15, 0.2) is 0 Å². The minimum Gasteiger partial charge on any atom is -0.341 e. The lowest BCUT2D eigenvalue weighted by molar-refractivity contribution is -0.135. The summed E-state index contributed by atoms with van der Waals surface area (Å²) in [7, 11) is 0. The van der Waals surface area contributed by atoms with E-state index in [4.69, 9.17) is 5.73 Å². The lowest BCUT2D eigenvalue weighted by atomic mass is 10.00. The molecule has 0 spiro atoms. The van der Waals surface area contributed by atoms with E-state index in [0.29, 0.717) is 18.4 Å². The average Bonchev–Trinajstić information content (AvgIpc) is 2.83. The highest BCUT2D eigenvalue weighted by atomic mass is 35.5. The molecule has 2 amide bonds. The maximum atomic E-state index is 12.2. The minimum atomic E-state index is -0.375. The van der Waals surface area contributed by atoms with E-state index in [0.717, 1.165) is 45.3 Å². The summed E-state index contributed by atoms with van der Waals surface area (Å²) >= 11 is 0. The molecular weight excluding hydrogens is 290 g/mol. The summed E-state index contributed by atoms with van der Waals surface area (Å²) in [6, 6.07) is -0.0460. The Kier molecular flexibility index (Phi) is 6.94. The third-order valence-electron chi connectivity index (χ3n) is 4.37. The number of hydrogen-bond acceptors (Lipinski definition) is 3. The van der Waals surface area contributed by atoms with Gasteiger partial charge in [0.2, 0.25) is 11.8 Å². The molecule has 0 radical (unpaired) electrons. The summed E-state index contributed by atoms with van der Waals surface area (Å²) in [6.07, 6.45) is 4.21. The molecule has 2 heterocycles. The first kappa shape index (κ1) is 18.2. The Hall–Kier alpha value is -0.810. The maximum Gasteiger partial charge on any atom is 0.239 e. The number of rotatable bonds is 4. The molecule has 5 nitrogen and oxygen atoms in total.